The van der Waals surface area contributed by atoms with Gasteiger partial charge in [-0.1, -0.05) is 0 Å². The van der Waals surface area contributed by atoms with Gasteiger partial charge in [0, 0.05) is 38.0 Å². The van der Waals surface area contributed by atoms with E-state index in [0.717, 1.165) is 23.1 Å². The summed E-state index contributed by atoms with van der Waals surface area (Å²) in [4.78, 5) is 11.4. The highest BCUT2D eigenvalue weighted by molar-refractivity contribution is 7.18. The molecule has 20 heavy (non-hydrogen) atoms. The summed E-state index contributed by atoms with van der Waals surface area (Å²) in [5, 5.41) is 0.981. The van der Waals surface area contributed by atoms with E-state index in [1.807, 2.05) is 0 Å². The fourth-order valence-corrected chi connectivity index (χ4v) is 3.74. The highest BCUT2D eigenvalue weighted by atomic mass is 32.1. The van der Waals surface area contributed by atoms with Gasteiger partial charge in [-0.05, 0) is 19.4 Å². The van der Waals surface area contributed by atoms with Gasteiger partial charge in [0.15, 0.2) is 5.82 Å². The van der Waals surface area contributed by atoms with Crippen molar-refractivity contribution in [1.82, 2.24) is 9.97 Å². The van der Waals surface area contributed by atoms with Gasteiger partial charge in [-0.3, -0.25) is 0 Å². The molecule has 108 valence electrons. The first-order valence-electron chi connectivity index (χ1n) is 6.74. The lowest BCUT2D eigenvalue weighted by molar-refractivity contribution is -0.0997. The van der Waals surface area contributed by atoms with Crippen LogP contribution in [0.25, 0.3) is 10.2 Å². The average molecular weight is 293 g/mol. The van der Waals surface area contributed by atoms with Crippen molar-refractivity contribution in [3.63, 3.8) is 0 Å². The van der Waals surface area contributed by atoms with Crippen LogP contribution < -0.4 is 5.73 Å². The van der Waals surface area contributed by atoms with Gasteiger partial charge in [0.1, 0.15) is 16.2 Å². The minimum atomic E-state index is -0.466. The molecule has 2 aromatic rings. The van der Waals surface area contributed by atoms with Gasteiger partial charge in [-0.15, -0.1) is 11.3 Å². The second-order valence-corrected chi connectivity index (χ2v) is 6.41. The number of ether oxygens (including phenoxy) is 2. The van der Waals surface area contributed by atoms with Crippen molar-refractivity contribution in [3.8, 4) is 0 Å². The Labute approximate surface area is 122 Å². The van der Waals surface area contributed by atoms with E-state index in [1.165, 1.54) is 10.4 Å². The van der Waals surface area contributed by atoms with Gasteiger partial charge >= 0.3 is 0 Å². The molecule has 2 aromatic heterocycles. The van der Waals surface area contributed by atoms with Crippen LogP contribution in [0.15, 0.2) is 0 Å². The van der Waals surface area contributed by atoms with E-state index in [4.69, 9.17) is 20.2 Å². The molecule has 6 heteroatoms. The molecule has 1 aliphatic heterocycles. The first-order valence-corrected chi connectivity index (χ1v) is 7.55. The van der Waals surface area contributed by atoms with Crippen molar-refractivity contribution < 1.29 is 9.47 Å². The van der Waals surface area contributed by atoms with Crippen molar-refractivity contribution in [1.29, 1.82) is 0 Å². The Morgan fingerprint density at radius 2 is 1.95 bits per heavy atom. The lowest BCUT2D eigenvalue weighted by Crippen LogP contribution is -2.37. The third kappa shape index (κ3) is 1.99. The van der Waals surface area contributed by atoms with Crippen LogP contribution in [-0.2, 0) is 15.1 Å². The molecule has 1 aliphatic rings. The Kier molecular flexibility index (Phi) is 3.40. The second-order valence-electron chi connectivity index (χ2n) is 5.21. The average Bonchev–Trinajstić information content (AvgIpc) is 2.75. The zero-order valence-corrected chi connectivity index (χ0v) is 12.8. The van der Waals surface area contributed by atoms with E-state index in [1.54, 1.807) is 18.4 Å². The number of rotatable bonds is 2. The molecule has 3 rings (SSSR count). The molecule has 0 aromatic carbocycles. The number of aryl methyl sites for hydroxylation is 2. The molecule has 0 radical (unpaired) electrons. The van der Waals surface area contributed by atoms with Gasteiger partial charge in [-0.2, -0.15) is 0 Å². The van der Waals surface area contributed by atoms with Crippen LogP contribution in [0.3, 0.4) is 0 Å². The van der Waals surface area contributed by atoms with E-state index < -0.39 is 5.60 Å². The number of hydrogen-bond donors (Lipinski definition) is 1. The molecule has 5 nitrogen and oxygen atoms in total. The lowest BCUT2D eigenvalue weighted by atomic mass is 9.93. The minimum Gasteiger partial charge on any atom is -0.383 e. The van der Waals surface area contributed by atoms with Crippen molar-refractivity contribution in [3.05, 3.63) is 16.3 Å². The Morgan fingerprint density at radius 1 is 1.25 bits per heavy atom. The van der Waals surface area contributed by atoms with Crippen molar-refractivity contribution in [2.75, 3.05) is 26.1 Å². The molecule has 1 fully saturated rings. The molecular weight excluding hydrogens is 274 g/mol. The summed E-state index contributed by atoms with van der Waals surface area (Å²) in [7, 11) is 1.71. The third-order valence-corrected chi connectivity index (χ3v) is 5.26. The summed E-state index contributed by atoms with van der Waals surface area (Å²) < 4.78 is 11.2. The van der Waals surface area contributed by atoms with E-state index in [-0.39, 0.29) is 0 Å². The number of methoxy groups -OCH3 is 1. The third-order valence-electron chi connectivity index (χ3n) is 4.16. The van der Waals surface area contributed by atoms with Gasteiger partial charge < -0.3 is 15.2 Å². The van der Waals surface area contributed by atoms with Crippen LogP contribution in [0.4, 0.5) is 5.82 Å². The predicted octanol–water partition coefficient (Wildman–Crippen LogP) is 2.54. The molecule has 0 unspecified atom stereocenters. The fraction of sp³-hybridized carbons (Fsp3) is 0.571. The van der Waals surface area contributed by atoms with E-state index in [9.17, 15) is 0 Å². The number of fused-ring (bicyclic) bond motifs is 1. The summed E-state index contributed by atoms with van der Waals surface area (Å²) in [6, 6.07) is 0. The normalized spacial score (nSPS) is 18.6. The molecule has 2 N–H and O–H groups in total. The first-order chi connectivity index (χ1) is 9.57. The monoisotopic (exact) mass is 293 g/mol. The molecular formula is C14H19N3O2S. The van der Waals surface area contributed by atoms with Crippen LogP contribution in [0, 0.1) is 13.8 Å². The number of nitrogen functional groups attached to an aromatic ring is 1. The number of anilines is 1. The molecule has 0 atom stereocenters. The molecule has 0 saturated carbocycles. The molecule has 3 heterocycles. The van der Waals surface area contributed by atoms with Gasteiger partial charge in [0.05, 0.1) is 5.39 Å². The van der Waals surface area contributed by atoms with E-state index in [0.29, 0.717) is 24.9 Å². The van der Waals surface area contributed by atoms with Crippen molar-refractivity contribution in [2.24, 2.45) is 0 Å². The quantitative estimate of drug-likeness (QED) is 0.921. The van der Waals surface area contributed by atoms with Crippen LogP contribution in [0.2, 0.25) is 0 Å². The lowest BCUT2D eigenvalue weighted by Gasteiger charge is -2.34. The zero-order chi connectivity index (χ0) is 14.3. The number of nitrogens with zero attached hydrogens (tertiary/aromatic N) is 2. The topological polar surface area (TPSA) is 70.3 Å². The van der Waals surface area contributed by atoms with Crippen molar-refractivity contribution >= 4 is 27.4 Å². The smallest absolute Gasteiger partial charge is 0.164 e. The highest BCUT2D eigenvalue weighted by Gasteiger charge is 2.38. The standard InChI is InChI=1S/C14H19N3O2S/c1-8-9(2)20-12-10(8)11(15)16-13(17-12)14(18-3)4-6-19-7-5-14/h4-7H2,1-3H3,(H2,15,16,17). The Hall–Kier alpha value is -1.24. The van der Waals surface area contributed by atoms with Crippen LogP contribution >= 0.6 is 11.3 Å². The maximum Gasteiger partial charge on any atom is 0.164 e. The second kappa shape index (κ2) is 4.95. The number of thiophene rings is 1. The van der Waals surface area contributed by atoms with Crippen LogP contribution in [-0.4, -0.2) is 30.3 Å². The number of aromatic nitrogens is 2. The maximum atomic E-state index is 6.16. The maximum absolute atomic E-state index is 6.16. The highest BCUT2D eigenvalue weighted by Crippen LogP contribution is 2.38. The number of hydrogen-bond acceptors (Lipinski definition) is 6. The predicted molar refractivity (Wildman–Crippen MR) is 80.0 cm³/mol. The number of nitrogens with two attached hydrogens (primary N) is 1. The molecule has 0 spiro atoms. The van der Waals surface area contributed by atoms with Gasteiger partial charge in [0.2, 0.25) is 0 Å². The van der Waals surface area contributed by atoms with E-state index in [2.05, 4.69) is 18.8 Å². The van der Waals surface area contributed by atoms with Gasteiger partial charge in [-0.25, -0.2) is 9.97 Å². The largest absolute Gasteiger partial charge is 0.383 e. The SMILES string of the molecule is COC1(c2nc(N)c3c(C)c(C)sc3n2)CCOCC1. The Morgan fingerprint density at radius 3 is 2.60 bits per heavy atom. The molecule has 0 bridgehead atoms. The van der Waals surface area contributed by atoms with Crippen LogP contribution in [0.1, 0.15) is 29.1 Å². The molecule has 0 aliphatic carbocycles. The Balaban J connectivity index is 2.16. The fourth-order valence-electron chi connectivity index (χ4n) is 2.70. The summed E-state index contributed by atoms with van der Waals surface area (Å²) >= 11 is 1.66. The van der Waals surface area contributed by atoms with Crippen LogP contribution in [0.5, 0.6) is 0 Å². The molecule has 1 saturated heterocycles. The summed E-state index contributed by atoms with van der Waals surface area (Å²) in [6.45, 7) is 5.48. The molecule has 0 amide bonds. The summed E-state index contributed by atoms with van der Waals surface area (Å²) in [6.07, 6.45) is 1.52. The zero-order valence-electron chi connectivity index (χ0n) is 12.0. The van der Waals surface area contributed by atoms with E-state index >= 15 is 0 Å². The first kappa shape index (κ1) is 13.7. The van der Waals surface area contributed by atoms with Gasteiger partial charge in [0.25, 0.3) is 0 Å². The Bertz CT molecular complexity index is 647. The summed E-state index contributed by atoms with van der Waals surface area (Å²) in [5.41, 5.74) is 6.87. The van der Waals surface area contributed by atoms with Crippen molar-refractivity contribution in [2.45, 2.75) is 32.3 Å². The minimum absolute atomic E-state index is 0.466. The summed E-state index contributed by atoms with van der Waals surface area (Å²) in [5.74, 6) is 1.24.